The highest BCUT2D eigenvalue weighted by atomic mass is 32.2. The zero-order valence-electron chi connectivity index (χ0n) is 9.74. The molecule has 4 nitrogen and oxygen atoms in total. The maximum absolute atomic E-state index is 4.40. The van der Waals surface area contributed by atoms with Gasteiger partial charge in [-0.25, -0.2) is 4.98 Å². The highest BCUT2D eigenvalue weighted by molar-refractivity contribution is 7.98. The van der Waals surface area contributed by atoms with E-state index in [1.807, 2.05) is 36.6 Å². The second-order valence-corrected chi connectivity index (χ2v) is 4.52. The lowest BCUT2D eigenvalue weighted by atomic mass is 10.1. The van der Waals surface area contributed by atoms with E-state index in [9.17, 15) is 0 Å². The van der Waals surface area contributed by atoms with Crippen molar-refractivity contribution in [3.8, 4) is 11.3 Å². The van der Waals surface area contributed by atoms with Gasteiger partial charge in [-0.05, 0) is 18.4 Å². The van der Waals surface area contributed by atoms with Crippen molar-refractivity contribution in [3.05, 3.63) is 42.7 Å². The fourth-order valence-electron chi connectivity index (χ4n) is 1.70. The molecule has 0 atom stereocenters. The van der Waals surface area contributed by atoms with Crippen molar-refractivity contribution in [1.82, 2.24) is 20.2 Å². The van der Waals surface area contributed by atoms with Gasteiger partial charge in [0.05, 0.1) is 11.7 Å². The van der Waals surface area contributed by atoms with Crippen LogP contribution in [0.15, 0.2) is 47.9 Å². The number of rotatable bonds is 2. The molecule has 0 saturated heterocycles. The number of thioether (sulfide) groups is 1. The molecule has 0 spiro atoms. The Kier molecular flexibility index (Phi) is 2.90. The first-order valence-electron chi connectivity index (χ1n) is 5.46. The van der Waals surface area contributed by atoms with Gasteiger partial charge in [-0.1, -0.05) is 30.0 Å². The minimum atomic E-state index is 0.674. The molecule has 0 unspecified atom stereocenters. The van der Waals surface area contributed by atoms with Crippen LogP contribution in [-0.4, -0.2) is 26.4 Å². The highest BCUT2D eigenvalue weighted by Crippen LogP contribution is 2.20. The van der Waals surface area contributed by atoms with Gasteiger partial charge in [-0.15, -0.1) is 10.2 Å². The molecule has 18 heavy (non-hydrogen) atoms. The highest BCUT2D eigenvalue weighted by Gasteiger charge is 2.03. The van der Waals surface area contributed by atoms with E-state index in [2.05, 4.69) is 20.2 Å². The van der Waals surface area contributed by atoms with Crippen molar-refractivity contribution in [2.24, 2.45) is 0 Å². The predicted molar refractivity (Wildman–Crippen MR) is 72.3 cm³/mol. The fourth-order valence-corrected chi connectivity index (χ4v) is 1.98. The van der Waals surface area contributed by atoms with Gasteiger partial charge in [0, 0.05) is 17.1 Å². The lowest BCUT2D eigenvalue weighted by Gasteiger charge is -2.02. The standard InChI is InChI=1S/C13H10N4S/c1-18-13-15-8-12(16-17-13)10-6-9-4-2-3-5-11(9)14-7-10/h2-8H,1H3. The molecule has 2 aromatic heterocycles. The summed E-state index contributed by atoms with van der Waals surface area (Å²) in [6.07, 6.45) is 5.45. The first-order valence-corrected chi connectivity index (χ1v) is 6.68. The van der Waals surface area contributed by atoms with Gasteiger partial charge in [-0.3, -0.25) is 4.98 Å². The zero-order valence-corrected chi connectivity index (χ0v) is 10.6. The topological polar surface area (TPSA) is 51.6 Å². The number of nitrogens with zero attached hydrogens (tertiary/aromatic N) is 4. The minimum Gasteiger partial charge on any atom is -0.256 e. The smallest absolute Gasteiger partial charge is 0.208 e. The maximum Gasteiger partial charge on any atom is 0.208 e. The van der Waals surface area contributed by atoms with Gasteiger partial charge in [0.2, 0.25) is 5.16 Å². The first kappa shape index (κ1) is 11.1. The van der Waals surface area contributed by atoms with Crippen molar-refractivity contribution in [2.45, 2.75) is 5.16 Å². The Balaban J connectivity index is 2.07. The Morgan fingerprint density at radius 3 is 2.67 bits per heavy atom. The molecule has 3 aromatic rings. The predicted octanol–water partition coefficient (Wildman–Crippen LogP) is 2.81. The molecule has 0 amide bonds. The third-order valence-corrected chi connectivity index (χ3v) is 3.16. The van der Waals surface area contributed by atoms with E-state index in [0.717, 1.165) is 22.2 Å². The summed E-state index contributed by atoms with van der Waals surface area (Å²) >= 11 is 1.47. The van der Waals surface area contributed by atoms with Crippen LogP contribution < -0.4 is 0 Å². The molecule has 0 aliphatic heterocycles. The number of fused-ring (bicyclic) bond motifs is 1. The molecule has 0 radical (unpaired) electrons. The number of hydrogen-bond acceptors (Lipinski definition) is 5. The quantitative estimate of drug-likeness (QED) is 0.658. The molecule has 2 heterocycles. The second kappa shape index (κ2) is 4.70. The maximum atomic E-state index is 4.40. The fraction of sp³-hybridized carbons (Fsp3) is 0.0769. The lowest BCUT2D eigenvalue weighted by molar-refractivity contribution is 0.846. The number of benzene rings is 1. The molecule has 0 aliphatic rings. The van der Waals surface area contributed by atoms with Crippen molar-refractivity contribution < 1.29 is 0 Å². The number of para-hydroxylation sites is 1. The third kappa shape index (κ3) is 2.04. The van der Waals surface area contributed by atoms with Gasteiger partial charge >= 0.3 is 0 Å². The van der Waals surface area contributed by atoms with Crippen molar-refractivity contribution in [1.29, 1.82) is 0 Å². The van der Waals surface area contributed by atoms with E-state index >= 15 is 0 Å². The molecular formula is C13H10N4S. The molecule has 5 heteroatoms. The number of hydrogen-bond donors (Lipinski definition) is 0. The largest absolute Gasteiger partial charge is 0.256 e. The van der Waals surface area contributed by atoms with Crippen LogP contribution in [0.5, 0.6) is 0 Å². The molecule has 0 fully saturated rings. The SMILES string of the molecule is CSc1ncc(-c2cnc3ccccc3c2)nn1. The zero-order chi connectivity index (χ0) is 12.4. The van der Waals surface area contributed by atoms with Crippen LogP contribution >= 0.6 is 11.8 Å². The van der Waals surface area contributed by atoms with E-state index in [1.165, 1.54) is 11.8 Å². The Labute approximate surface area is 109 Å². The molecule has 0 N–H and O–H groups in total. The molecule has 88 valence electrons. The van der Waals surface area contributed by atoms with Gasteiger partial charge in [0.15, 0.2) is 0 Å². The molecule has 1 aromatic carbocycles. The Hall–Kier alpha value is -2.01. The summed E-state index contributed by atoms with van der Waals surface area (Å²) in [6.45, 7) is 0. The average molecular weight is 254 g/mol. The first-order chi connectivity index (χ1) is 8.86. The second-order valence-electron chi connectivity index (χ2n) is 3.75. The Morgan fingerprint density at radius 2 is 1.89 bits per heavy atom. The van der Waals surface area contributed by atoms with Crippen LogP contribution in [0.2, 0.25) is 0 Å². The Morgan fingerprint density at radius 1 is 1.00 bits per heavy atom. The van der Waals surface area contributed by atoms with Gasteiger partial charge < -0.3 is 0 Å². The van der Waals surface area contributed by atoms with Crippen molar-refractivity contribution >= 4 is 22.7 Å². The summed E-state index contributed by atoms with van der Waals surface area (Å²) in [6, 6.07) is 10.0. The normalized spacial score (nSPS) is 10.7. The van der Waals surface area contributed by atoms with Crippen LogP contribution in [0, 0.1) is 0 Å². The average Bonchev–Trinajstić information content (AvgIpc) is 2.47. The van der Waals surface area contributed by atoms with Crippen LogP contribution in [0.25, 0.3) is 22.2 Å². The summed E-state index contributed by atoms with van der Waals surface area (Å²) < 4.78 is 0. The van der Waals surface area contributed by atoms with Crippen LogP contribution in [0.3, 0.4) is 0 Å². The Bertz CT molecular complexity index is 682. The number of pyridine rings is 1. The van der Waals surface area contributed by atoms with Crippen molar-refractivity contribution in [2.75, 3.05) is 6.26 Å². The third-order valence-electron chi connectivity index (χ3n) is 2.61. The molecule has 0 aliphatic carbocycles. The lowest BCUT2D eigenvalue weighted by Crippen LogP contribution is -1.93. The summed E-state index contributed by atoms with van der Waals surface area (Å²) in [5.41, 5.74) is 2.65. The van der Waals surface area contributed by atoms with E-state index in [0.29, 0.717) is 5.16 Å². The van der Waals surface area contributed by atoms with Crippen LogP contribution in [0.4, 0.5) is 0 Å². The molecule has 3 rings (SSSR count). The van der Waals surface area contributed by atoms with E-state index in [1.54, 1.807) is 12.4 Å². The van der Waals surface area contributed by atoms with E-state index in [-0.39, 0.29) is 0 Å². The summed E-state index contributed by atoms with van der Waals surface area (Å²) in [4.78, 5) is 8.61. The summed E-state index contributed by atoms with van der Waals surface area (Å²) in [5.74, 6) is 0. The van der Waals surface area contributed by atoms with Gasteiger partial charge in [0.25, 0.3) is 0 Å². The van der Waals surface area contributed by atoms with Gasteiger partial charge in [0.1, 0.15) is 5.69 Å². The molecule has 0 bridgehead atoms. The van der Waals surface area contributed by atoms with Crippen LogP contribution in [0.1, 0.15) is 0 Å². The minimum absolute atomic E-state index is 0.674. The van der Waals surface area contributed by atoms with Gasteiger partial charge in [-0.2, -0.15) is 0 Å². The number of aromatic nitrogens is 4. The van der Waals surface area contributed by atoms with Crippen molar-refractivity contribution in [3.63, 3.8) is 0 Å². The van der Waals surface area contributed by atoms with E-state index < -0.39 is 0 Å². The summed E-state index contributed by atoms with van der Waals surface area (Å²) in [7, 11) is 0. The molecule has 0 saturated carbocycles. The van der Waals surface area contributed by atoms with Crippen LogP contribution in [-0.2, 0) is 0 Å². The summed E-state index contributed by atoms with van der Waals surface area (Å²) in [5, 5.41) is 9.94. The van der Waals surface area contributed by atoms with E-state index in [4.69, 9.17) is 0 Å². The monoisotopic (exact) mass is 254 g/mol. The molecular weight excluding hydrogens is 244 g/mol.